The van der Waals surface area contributed by atoms with Crippen LogP contribution >= 0.6 is 0 Å². The lowest BCUT2D eigenvalue weighted by Crippen LogP contribution is -2.82. The number of nitrogens with zero attached hydrogens (tertiary/aromatic N) is 1. The van der Waals surface area contributed by atoms with Crippen molar-refractivity contribution < 1.29 is 43.9 Å². The lowest BCUT2D eigenvalue weighted by molar-refractivity contribution is -0.318. The molecule has 6 aliphatic rings. The second-order valence-corrected chi connectivity index (χ2v) is 14.3. The molecule has 7 rings (SSSR count). The maximum atomic E-state index is 13.6. The molecule has 13 atom stereocenters. The zero-order valence-electron chi connectivity index (χ0n) is 26.2. The Morgan fingerprint density at radius 3 is 2.52 bits per heavy atom. The summed E-state index contributed by atoms with van der Waals surface area (Å²) in [7, 11) is 4.91. The summed E-state index contributed by atoms with van der Waals surface area (Å²) in [5, 5.41) is 40.6. The van der Waals surface area contributed by atoms with E-state index in [1.54, 1.807) is 45.6 Å². The number of carbonyl (C=O) groups is 2. The molecule has 0 aromatic heterocycles. The van der Waals surface area contributed by atoms with Gasteiger partial charge in [-0.25, -0.2) is 4.79 Å². The van der Waals surface area contributed by atoms with Gasteiger partial charge in [0, 0.05) is 69.8 Å². The van der Waals surface area contributed by atoms with Crippen molar-refractivity contribution in [1.82, 2.24) is 4.90 Å². The molecule has 1 aromatic carbocycles. The Bertz CT molecular complexity index is 1340. The highest BCUT2D eigenvalue weighted by Gasteiger charge is 2.91. The molecular formula is C33H46N2O9. The van der Waals surface area contributed by atoms with E-state index in [0.29, 0.717) is 38.0 Å². The number of aliphatic hydroxyl groups is 3. The van der Waals surface area contributed by atoms with E-state index < -0.39 is 58.3 Å². The van der Waals surface area contributed by atoms with Gasteiger partial charge in [-0.3, -0.25) is 9.69 Å². The number of likely N-dealkylation sites (tertiary alicyclic amines) is 1. The summed E-state index contributed by atoms with van der Waals surface area (Å²) in [5.41, 5.74) is -4.04. The number of para-hydroxylation sites is 1. The largest absolute Gasteiger partial charge is 0.461 e. The monoisotopic (exact) mass is 614 g/mol. The molecule has 242 valence electrons. The molecule has 5 saturated carbocycles. The molecule has 4 N–H and O–H groups in total. The van der Waals surface area contributed by atoms with Crippen LogP contribution in [0.25, 0.3) is 0 Å². The number of nitrogens with one attached hydrogen (secondary N) is 1. The molecule has 1 heterocycles. The van der Waals surface area contributed by atoms with Gasteiger partial charge in [0.05, 0.1) is 48.3 Å². The number of hydrogen-bond acceptors (Lipinski definition) is 10. The van der Waals surface area contributed by atoms with E-state index in [0.717, 1.165) is 0 Å². The summed E-state index contributed by atoms with van der Waals surface area (Å²) in [4.78, 5) is 27.7. The zero-order chi connectivity index (χ0) is 31.4. The van der Waals surface area contributed by atoms with Gasteiger partial charge >= 0.3 is 5.97 Å². The Hall–Kier alpha value is -2.12. The van der Waals surface area contributed by atoms with Crippen LogP contribution in [0.2, 0.25) is 0 Å². The Balaban J connectivity index is 1.36. The second kappa shape index (κ2) is 10.2. The van der Waals surface area contributed by atoms with E-state index in [1.807, 2.05) is 0 Å². The average molecular weight is 615 g/mol. The van der Waals surface area contributed by atoms with Gasteiger partial charge in [-0.15, -0.1) is 0 Å². The normalized spacial score (nSPS) is 48.2. The first-order chi connectivity index (χ1) is 21.0. The molecule has 44 heavy (non-hydrogen) atoms. The van der Waals surface area contributed by atoms with Gasteiger partial charge in [0.1, 0.15) is 11.2 Å². The van der Waals surface area contributed by atoms with Crippen LogP contribution in [0.5, 0.6) is 0 Å². The van der Waals surface area contributed by atoms with E-state index >= 15 is 0 Å². The van der Waals surface area contributed by atoms with Gasteiger partial charge in [-0.05, 0) is 43.9 Å². The highest BCUT2D eigenvalue weighted by atomic mass is 16.5. The molecule has 0 radical (unpaired) electrons. The lowest BCUT2D eigenvalue weighted by atomic mass is 9.42. The molecule has 1 aliphatic heterocycles. The van der Waals surface area contributed by atoms with E-state index in [-0.39, 0.29) is 48.4 Å². The smallest absolute Gasteiger partial charge is 0.340 e. The third-order valence-corrected chi connectivity index (χ3v) is 13.0. The van der Waals surface area contributed by atoms with Gasteiger partial charge in [0.2, 0.25) is 5.91 Å². The number of anilines is 1. The quantitative estimate of drug-likeness (QED) is 0.317. The Labute approximate surface area is 258 Å². The third-order valence-electron chi connectivity index (χ3n) is 13.0. The number of aliphatic hydroxyl groups excluding tert-OH is 1. The van der Waals surface area contributed by atoms with Crippen LogP contribution in [0.3, 0.4) is 0 Å². The summed E-state index contributed by atoms with van der Waals surface area (Å²) < 4.78 is 24.7. The lowest BCUT2D eigenvalue weighted by Gasteiger charge is -2.70. The maximum absolute atomic E-state index is 13.6. The van der Waals surface area contributed by atoms with Crippen LogP contribution in [0.1, 0.15) is 49.9 Å². The van der Waals surface area contributed by atoms with E-state index in [1.165, 1.54) is 6.92 Å². The molecule has 6 fully saturated rings. The van der Waals surface area contributed by atoms with Crippen molar-refractivity contribution in [2.45, 2.75) is 81.2 Å². The first-order valence-corrected chi connectivity index (χ1v) is 16.0. The van der Waals surface area contributed by atoms with Crippen LogP contribution in [0, 0.1) is 34.5 Å². The highest BCUT2D eigenvalue weighted by Crippen LogP contribution is 2.80. The predicted molar refractivity (Wildman–Crippen MR) is 158 cm³/mol. The Kier molecular flexibility index (Phi) is 7.07. The number of piperidine rings is 1. The Morgan fingerprint density at radius 1 is 1.11 bits per heavy atom. The SMILES string of the molecule is CCN1C[C@]2(COC(=O)c3ccccc3NC(C)=O)CC[C@H](OC)[C@]34C1[C@](O)([C@@H](OC)[C@H]23)[C@@]1(O)C[C@H](OC)[C@H]2C[C@@H]4[C@@H]1[C@H]2O. The van der Waals surface area contributed by atoms with Gasteiger partial charge in [-0.1, -0.05) is 19.1 Å². The maximum Gasteiger partial charge on any atom is 0.340 e. The van der Waals surface area contributed by atoms with Gasteiger partial charge in [0.25, 0.3) is 0 Å². The molecule has 11 nitrogen and oxygen atoms in total. The molecule has 1 unspecified atom stereocenters. The van der Waals surface area contributed by atoms with Crippen molar-refractivity contribution >= 4 is 17.6 Å². The fraction of sp³-hybridized carbons (Fsp3) is 0.758. The number of likely N-dealkylation sites (N-methyl/N-ethyl adjacent to an activating group) is 1. The first kappa shape index (κ1) is 30.5. The topological polar surface area (TPSA) is 147 Å². The van der Waals surface area contributed by atoms with Crippen molar-refractivity contribution in [2.75, 3.05) is 46.3 Å². The summed E-state index contributed by atoms with van der Waals surface area (Å²) in [6.07, 6.45) is -0.0977. The molecule has 1 amide bonds. The minimum Gasteiger partial charge on any atom is -0.461 e. The van der Waals surface area contributed by atoms with Crippen LogP contribution in [-0.4, -0.2) is 115 Å². The number of methoxy groups -OCH3 is 3. The van der Waals surface area contributed by atoms with Crippen LogP contribution in [-0.2, 0) is 23.7 Å². The molecule has 11 heteroatoms. The second-order valence-electron chi connectivity index (χ2n) is 14.3. The Morgan fingerprint density at radius 2 is 1.86 bits per heavy atom. The molecule has 1 aromatic rings. The van der Waals surface area contributed by atoms with Crippen molar-refractivity contribution in [3.05, 3.63) is 29.8 Å². The van der Waals surface area contributed by atoms with Crippen molar-refractivity contribution in [2.24, 2.45) is 34.5 Å². The van der Waals surface area contributed by atoms with Gasteiger partial charge in [-0.2, -0.15) is 0 Å². The average Bonchev–Trinajstić information content (AvgIpc) is 3.37. The molecule has 1 spiro atoms. The van der Waals surface area contributed by atoms with E-state index in [2.05, 4.69) is 17.1 Å². The fourth-order valence-corrected chi connectivity index (χ4v) is 12.0. The molecule has 1 saturated heterocycles. The van der Waals surface area contributed by atoms with Crippen molar-refractivity contribution in [3.8, 4) is 0 Å². The minimum atomic E-state index is -1.73. The van der Waals surface area contributed by atoms with Crippen LogP contribution in [0.15, 0.2) is 24.3 Å². The number of hydrogen-bond donors (Lipinski definition) is 4. The molecule has 5 aliphatic carbocycles. The van der Waals surface area contributed by atoms with E-state index in [4.69, 9.17) is 18.9 Å². The summed E-state index contributed by atoms with van der Waals surface area (Å²) in [5.74, 6) is -2.05. The van der Waals surface area contributed by atoms with Crippen LogP contribution < -0.4 is 5.32 Å². The predicted octanol–water partition coefficient (Wildman–Crippen LogP) is 1.44. The summed E-state index contributed by atoms with van der Waals surface area (Å²) >= 11 is 0. The number of rotatable bonds is 8. The highest BCUT2D eigenvalue weighted by molar-refractivity contribution is 6.00. The van der Waals surface area contributed by atoms with Crippen molar-refractivity contribution in [3.63, 3.8) is 0 Å². The molecule has 7 bridgehead atoms. The van der Waals surface area contributed by atoms with Gasteiger partial charge < -0.3 is 39.6 Å². The summed E-state index contributed by atoms with van der Waals surface area (Å²) in [6.45, 7) is 4.67. The number of fused-ring (bicyclic) bond motifs is 2. The fourth-order valence-electron chi connectivity index (χ4n) is 12.0. The number of esters is 1. The molecular weight excluding hydrogens is 568 g/mol. The number of benzene rings is 1. The van der Waals surface area contributed by atoms with Crippen LogP contribution in [0.4, 0.5) is 5.69 Å². The zero-order valence-corrected chi connectivity index (χ0v) is 26.2. The summed E-state index contributed by atoms with van der Waals surface area (Å²) in [6, 6.07) is 6.30. The number of carbonyl (C=O) groups excluding carboxylic acids is 2. The van der Waals surface area contributed by atoms with Crippen molar-refractivity contribution in [1.29, 1.82) is 0 Å². The number of ether oxygens (including phenoxy) is 4. The third kappa shape index (κ3) is 3.47. The standard InChI is InChI=1S/C33H46N2O9/c1-6-35-15-30(16-44-28(38)18-9-7-8-10-21(18)34-17(2)36)12-11-23(42-4)32-20-13-19-22(41-3)14-31(39,24(20)25(19)37)33(40,29(32)35)27(43-5)26(30)32/h7-10,19-20,22-27,29,37,39-40H,6,11-16H2,1-5H3,(H,34,36)/t19-,20-,22+,23+,24-,25+,26-,27+,29?,30+,31-,32+,33-/m1/s1. The van der Waals surface area contributed by atoms with Gasteiger partial charge in [0.15, 0.2) is 0 Å². The minimum absolute atomic E-state index is 0.0742. The number of amides is 1. The first-order valence-electron chi connectivity index (χ1n) is 16.0. The van der Waals surface area contributed by atoms with E-state index in [9.17, 15) is 24.9 Å².